The molecule has 1 atom stereocenters. The summed E-state index contributed by atoms with van der Waals surface area (Å²) in [7, 11) is 1.44. The van der Waals surface area contributed by atoms with Crippen LogP contribution in [0.3, 0.4) is 0 Å². The van der Waals surface area contributed by atoms with E-state index in [9.17, 15) is 9.59 Å². The van der Waals surface area contributed by atoms with Crippen LogP contribution in [-0.4, -0.2) is 36.3 Å². The van der Waals surface area contributed by atoms with Crippen molar-refractivity contribution in [2.75, 3.05) is 18.6 Å². The van der Waals surface area contributed by atoms with Gasteiger partial charge in [0.2, 0.25) is 0 Å². The summed E-state index contributed by atoms with van der Waals surface area (Å²) in [6.07, 6.45) is -1.58. The lowest BCUT2D eigenvalue weighted by Crippen LogP contribution is -2.32. The molecule has 2 aromatic rings. The summed E-state index contributed by atoms with van der Waals surface area (Å²) in [4.78, 5) is 29.4. The number of carbonyl (C=O) groups is 2. The zero-order chi connectivity index (χ0) is 18.4. The Morgan fingerprint density at radius 1 is 1.40 bits per heavy atom. The molecule has 3 rings (SSSR count). The summed E-state index contributed by atoms with van der Waals surface area (Å²) in [6, 6.07) is 5.26. The van der Waals surface area contributed by atoms with Gasteiger partial charge < -0.3 is 19.7 Å². The Hall–Kier alpha value is -2.97. The number of aromatic nitrogens is 1. The number of oxazole rings is 1. The van der Waals surface area contributed by atoms with Crippen LogP contribution in [0.5, 0.6) is 0 Å². The predicted molar refractivity (Wildman–Crippen MR) is 88.6 cm³/mol. The molecular formula is C16H20N4O5. The molecule has 2 N–H and O–H groups in total. The number of amides is 2. The highest BCUT2D eigenvalue weighted by molar-refractivity contribution is 5.96. The van der Waals surface area contributed by atoms with E-state index in [1.165, 1.54) is 12.0 Å². The second kappa shape index (κ2) is 5.83. The van der Waals surface area contributed by atoms with Gasteiger partial charge in [0.1, 0.15) is 7.11 Å². The summed E-state index contributed by atoms with van der Waals surface area (Å²) in [5, 5.41) is 3.92. The molecule has 134 valence electrons. The minimum absolute atomic E-state index is 0.0644. The average Bonchev–Trinajstić information content (AvgIpc) is 3.06. The molecule has 0 saturated carbocycles. The highest BCUT2D eigenvalue weighted by atomic mass is 16.6. The summed E-state index contributed by atoms with van der Waals surface area (Å²) in [5.74, 6) is -0.679. The van der Waals surface area contributed by atoms with Crippen molar-refractivity contribution in [1.29, 1.82) is 0 Å². The Morgan fingerprint density at radius 2 is 2.12 bits per heavy atom. The van der Waals surface area contributed by atoms with Crippen LogP contribution in [0.2, 0.25) is 0 Å². The summed E-state index contributed by atoms with van der Waals surface area (Å²) < 4.78 is 12.6. The molecule has 9 nitrogen and oxygen atoms in total. The van der Waals surface area contributed by atoms with Crippen molar-refractivity contribution in [2.24, 2.45) is 10.9 Å². The van der Waals surface area contributed by atoms with Crippen molar-refractivity contribution in [1.82, 2.24) is 4.57 Å². The summed E-state index contributed by atoms with van der Waals surface area (Å²) in [6.45, 7) is 6.11. The number of nitrogens with zero attached hydrogens (tertiary/aromatic N) is 3. The maximum atomic E-state index is 12.0. The summed E-state index contributed by atoms with van der Waals surface area (Å²) in [5.41, 5.74) is 7.08. The lowest BCUT2D eigenvalue weighted by molar-refractivity contribution is -0.124. The fourth-order valence-corrected chi connectivity index (χ4v) is 2.79. The van der Waals surface area contributed by atoms with Crippen LogP contribution in [-0.2, 0) is 19.9 Å². The standard InChI is InChI=1S/C16H20N4O5/c1-16(2,3)20-10-6-5-9(7-11(10)24-14(20)18-23-4)19-8-12(13(17)21)25-15(19)22/h5-7,12H,8H2,1-4H3,(H2,17,21)/t12-/m1/s1. The van der Waals surface area contributed by atoms with E-state index in [4.69, 9.17) is 19.7 Å². The number of hydrogen-bond acceptors (Lipinski definition) is 6. The van der Waals surface area contributed by atoms with E-state index in [0.717, 1.165) is 5.52 Å². The molecule has 1 fully saturated rings. The van der Waals surface area contributed by atoms with Crippen molar-refractivity contribution in [3.8, 4) is 0 Å². The quantitative estimate of drug-likeness (QED) is 0.839. The van der Waals surface area contributed by atoms with E-state index < -0.39 is 18.1 Å². The number of hydrogen-bond donors (Lipinski definition) is 1. The molecule has 1 saturated heterocycles. The molecule has 2 amide bonds. The Morgan fingerprint density at radius 3 is 2.68 bits per heavy atom. The van der Waals surface area contributed by atoms with Crippen LogP contribution in [0, 0.1) is 0 Å². The molecule has 9 heteroatoms. The van der Waals surface area contributed by atoms with Crippen molar-refractivity contribution in [3.63, 3.8) is 0 Å². The number of benzene rings is 1. The van der Waals surface area contributed by atoms with Crippen LogP contribution < -0.4 is 16.3 Å². The van der Waals surface area contributed by atoms with Gasteiger partial charge in [-0.2, -0.15) is 0 Å². The SMILES string of the molecule is CON=c1oc2cc(N3C[C@H](C(N)=O)OC3=O)ccc2n1C(C)(C)C. The van der Waals surface area contributed by atoms with E-state index >= 15 is 0 Å². The number of fused-ring (bicyclic) bond motifs is 1. The molecule has 25 heavy (non-hydrogen) atoms. The molecule has 1 aliphatic heterocycles. The van der Waals surface area contributed by atoms with Gasteiger partial charge in [-0.05, 0) is 38.1 Å². The first-order valence-corrected chi connectivity index (χ1v) is 7.73. The zero-order valence-corrected chi connectivity index (χ0v) is 14.5. The third kappa shape index (κ3) is 2.92. The third-order valence-electron chi connectivity index (χ3n) is 3.86. The Labute approximate surface area is 143 Å². The number of nitrogens with two attached hydrogens (primary N) is 1. The van der Waals surface area contributed by atoms with E-state index in [1.54, 1.807) is 12.1 Å². The van der Waals surface area contributed by atoms with E-state index in [1.807, 2.05) is 31.4 Å². The first-order chi connectivity index (χ1) is 11.7. The van der Waals surface area contributed by atoms with Gasteiger partial charge in [0, 0.05) is 11.6 Å². The van der Waals surface area contributed by atoms with Crippen molar-refractivity contribution < 1.29 is 23.6 Å². The van der Waals surface area contributed by atoms with Crippen molar-refractivity contribution in [3.05, 3.63) is 23.9 Å². The Bertz CT molecular complexity index is 905. The average molecular weight is 348 g/mol. The van der Waals surface area contributed by atoms with Gasteiger partial charge >= 0.3 is 11.8 Å². The normalized spacial score (nSPS) is 18.7. The number of rotatable bonds is 3. The molecule has 1 aromatic carbocycles. The second-order valence-corrected chi connectivity index (χ2v) is 6.70. The fourth-order valence-electron chi connectivity index (χ4n) is 2.79. The molecule has 2 heterocycles. The fraction of sp³-hybridized carbons (Fsp3) is 0.438. The monoisotopic (exact) mass is 348 g/mol. The van der Waals surface area contributed by atoms with E-state index in [-0.39, 0.29) is 12.1 Å². The van der Waals surface area contributed by atoms with Gasteiger partial charge in [0.15, 0.2) is 11.7 Å². The zero-order valence-electron chi connectivity index (χ0n) is 14.5. The molecule has 1 aromatic heterocycles. The van der Waals surface area contributed by atoms with Crippen molar-refractivity contribution >= 4 is 28.8 Å². The third-order valence-corrected chi connectivity index (χ3v) is 3.86. The number of cyclic esters (lactones) is 1. The number of carbonyl (C=O) groups excluding carboxylic acids is 2. The summed E-state index contributed by atoms with van der Waals surface area (Å²) >= 11 is 0. The lowest BCUT2D eigenvalue weighted by atomic mass is 10.1. The first-order valence-electron chi connectivity index (χ1n) is 7.73. The van der Waals surface area contributed by atoms with E-state index in [2.05, 4.69) is 5.16 Å². The minimum Gasteiger partial charge on any atom is -0.434 e. The van der Waals surface area contributed by atoms with Crippen LogP contribution in [0.4, 0.5) is 10.5 Å². The van der Waals surface area contributed by atoms with Gasteiger partial charge in [-0.15, -0.1) is 0 Å². The maximum absolute atomic E-state index is 12.0. The second-order valence-electron chi connectivity index (χ2n) is 6.70. The van der Waals surface area contributed by atoms with Crippen molar-refractivity contribution in [2.45, 2.75) is 32.4 Å². The van der Waals surface area contributed by atoms with Gasteiger partial charge in [-0.3, -0.25) is 14.3 Å². The van der Waals surface area contributed by atoms with Crippen LogP contribution in [0.25, 0.3) is 11.1 Å². The Kier molecular flexibility index (Phi) is 3.94. The van der Waals surface area contributed by atoms with E-state index in [0.29, 0.717) is 17.0 Å². The predicted octanol–water partition coefficient (Wildman–Crippen LogP) is 1.26. The van der Waals surface area contributed by atoms with Crippen LogP contribution >= 0.6 is 0 Å². The molecule has 0 radical (unpaired) electrons. The van der Waals surface area contributed by atoms with Gasteiger partial charge in [0.25, 0.3) is 5.91 Å². The molecular weight excluding hydrogens is 328 g/mol. The number of primary amides is 1. The largest absolute Gasteiger partial charge is 0.434 e. The van der Waals surface area contributed by atoms with Crippen LogP contribution in [0.1, 0.15) is 20.8 Å². The minimum atomic E-state index is -0.960. The first kappa shape index (κ1) is 16.9. The highest BCUT2D eigenvalue weighted by Crippen LogP contribution is 2.28. The number of ether oxygens (including phenoxy) is 1. The van der Waals surface area contributed by atoms with Gasteiger partial charge in [-0.25, -0.2) is 4.79 Å². The highest BCUT2D eigenvalue weighted by Gasteiger charge is 2.36. The molecule has 1 aliphatic rings. The van der Waals surface area contributed by atoms with Crippen LogP contribution in [0.15, 0.2) is 27.8 Å². The topological polar surface area (TPSA) is 112 Å². The molecule has 0 spiro atoms. The van der Waals surface area contributed by atoms with Gasteiger partial charge in [0.05, 0.1) is 17.7 Å². The smallest absolute Gasteiger partial charge is 0.415 e. The molecule has 0 bridgehead atoms. The molecule has 0 aliphatic carbocycles. The maximum Gasteiger partial charge on any atom is 0.415 e. The molecule has 0 unspecified atom stereocenters. The number of anilines is 1. The van der Waals surface area contributed by atoms with Gasteiger partial charge in [-0.1, -0.05) is 0 Å². The lowest BCUT2D eigenvalue weighted by Gasteiger charge is -2.21. The Balaban J connectivity index is 2.09.